The lowest BCUT2D eigenvalue weighted by Crippen LogP contribution is -2.39. The van der Waals surface area contributed by atoms with Gasteiger partial charge in [0, 0.05) is 29.4 Å². The van der Waals surface area contributed by atoms with Crippen LogP contribution in [0, 0.1) is 15.9 Å². The summed E-state index contributed by atoms with van der Waals surface area (Å²) in [5.41, 5.74) is 0.831. The number of allylic oxidation sites excluding steroid dienone is 1. The average molecular weight is 578 g/mol. The van der Waals surface area contributed by atoms with Crippen LogP contribution in [0.5, 0.6) is 0 Å². The molecule has 2 aromatic carbocycles. The number of esters is 1. The second kappa shape index (κ2) is 11.3. The van der Waals surface area contributed by atoms with Crippen LogP contribution in [-0.4, -0.2) is 32.0 Å². The summed E-state index contributed by atoms with van der Waals surface area (Å²) in [4.78, 5) is 51.7. The summed E-state index contributed by atoms with van der Waals surface area (Å²) >= 11 is 2.27. The fraction of sp³-hybridized carbons (Fsp3) is 0.148. The van der Waals surface area contributed by atoms with E-state index in [1.165, 1.54) is 52.7 Å². The highest BCUT2D eigenvalue weighted by Crippen LogP contribution is 2.32. The number of fused-ring (bicyclic) bond motifs is 1. The molecule has 0 bridgehead atoms. The van der Waals surface area contributed by atoms with Crippen molar-refractivity contribution in [3.05, 3.63) is 119 Å². The molecule has 0 aliphatic carbocycles. The molecule has 0 radical (unpaired) electrons. The van der Waals surface area contributed by atoms with Gasteiger partial charge in [-0.1, -0.05) is 23.5 Å². The number of non-ortho nitro benzene ring substituents is 1. The van der Waals surface area contributed by atoms with Crippen molar-refractivity contribution in [1.82, 2.24) is 14.5 Å². The van der Waals surface area contributed by atoms with Crippen molar-refractivity contribution in [3.8, 4) is 0 Å². The molecule has 3 heterocycles. The number of carbonyl (C=O) groups is 1. The summed E-state index contributed by atoms with van der Waals surface area (Å²) in [7, 11) is 0. The fourth-order valence-electron chi connectivity index (χ4n) is 4.18. The number of thiazole rings is 1. The minimum absolute atomic E-state index is 0.120. The number of carbonyl (C=O) groups excluding carboxylic acids is 1. The molecule has 13 heteroatoms. The average Bonchev–Trinajstić information content (AvgIpc) is 3.24. The molecule has 0 saturated heterocycles. The predicted octanol–water partition coefficient (Wildman–Crippen LogP) is 3.79. The van der Waals surface area contributed by atoms with Crippen LogP contribution in [-0.2, 0) is 9.53 Å². The van der Waals surface area contributed by atoms with Crippen LogP contribution in [0.25, 0.3) is 6.08 Å². The van der Waals surface area contributed by atoms with Gasteiger partial charge in [0.2, 0.25) is 0 Å². The van der Waals surface area contributed by atoms with Crippen LogP contribution >= 0.6 is 23.1 Å². The Morgan fingerprint density at radius 3 is 2.62 bits per heavy atom. The lowest BCUT2D eigenvalue weighted by molar-refractivity contribution is -0.384. The molecule has 202 valence electrons. The number of rotatable bonds is 7. The van der Waals surface area contributed by atoms with Gasteiger partial charge < -0.3 is 4.74 Å². The maximum atomic E-state index is 13.9. The number of ether oxygens (including phenoxy) is 1. The third-order valence-corrected chi connectivity index (χ3v) is 7.90. The van der Waals surface area contributed by atoms with E-state index >= 15 is 0 Å². The first kappa shape index (κ1) is 27.1. The maximum Gasteiger partial charge on any atom is 0.338 e. The molecule has 40 heavy (non-hydrogen) atoms. The maximum absolute atomic E-state index is 13.9. The van der Waals surface area contributed by atoms with Crippen molar-refractivity contribution < 1.29 is 18.8 Å². The zero-order valence-electron chi connectivity index (χ0n) is 21.1. The Bertz CT molecular complexity index is 1840. The van der Waals surface area contributed by atoms with Gasteiger partial charge in [-0.3, -0.25) is 19.5 Å². The third kappa shape index (κ3) is 5.33. The lowest BCUT2D eigenvalue weighted by atomic mass is 9.96. The Balaban J connectivity index is 1.71. The van der Waals surface area contributed by atoms with Crippen molar-refractivity contribution in [2.75, 3.05) is 6.61 Å². The highest BCUT2D eigenvalue weighted by molar-refractivity contribution is 7.99. The van der Waals surface area contributed by atoms with Crippen molar-refractivity contribution in [1.29, 1.82) is 0 Å². The normalized spacial score (nSPS) is 15.0. The largest absolute Gasteiger partial charge is 0.463 e. The third-order valence-electron chi connectivity index (χ3n) is 5.94. The molecule has 1 aliphatic heterocycles. The second-order valence-electron chi connectivity index (χ2n) is 8.47. The lowest BCUT2D eigenvalue weighted by Gasteiger charge is -2.24. The molecule has 2 aromatic heterocycles. The summed E-state index contributed by atoms with van der Waals surface area (Å²) < 4.78 is 20.6. The fourth-order valence-corrected chi connectivity index (χ4v) is 6.02. The second-order valence-corrected chi connectivity index (χ2v) is 10.5. The van der Waals surface area contributed by atoms with Gasteiger partial charge in [-0.25, -0.2) is 24.1 Å². The Labute approximate surface area is 234 Å². The first-order chi connectivity index (χ1) is 19.3. The number of hydrogen-bond acceptors (Lipinski definition) is 10. The van der Waals surface area contributed by atoms with Crippen LogP contribution in [0.1, 0.15) is 31.0 Å². The molecule has 10 nitrogen and oxygen atoms in total. The van der Waals surface area contributed by atoms with Crippen LogP contribution < -0.4 is 14.9 Å². The predicted molar refractivity (Wildman–Crippen MR) is 146 cm³/mol. The SMILES string of the molecule is CCOC(=O)C1=C(C)N=c2s/c(=C/c3cc([N+](=O)[O-])ccc3Sc3ncccn3)c(=O)n2[C@H]1c1ccc(F)cc1. The standard InChI is InChI=1S/C27H20FN5O5S2/c1-3-38-25(35)22-15(2)31-27-32(23(22)16-5-7-18(28)8-6-16)24(34)21(40-27)14-17-13-19(33(36)37)9-10-20(17)39-26-29-11-4-12-30-26/h4-14,23H,3H2,1-2H3/b21-14+/t23-/m0/s1. The van der Waals surface area contributed by atoms with E-state index in [9.17, 15) is 24.1 Å². The highest BCUT2D eigenvalue weighted by Gasteiger charge is 2.33. The number of benzene rings is 2. The van der Waals surface area contributed by atoms with E-state index in [0.29, 0.717) is 31.7 Å². The summed E-state index contributed by atoms with van der Waals surface area (Å²) in [5.74, 6) is -1.10. The van der Waals surface area contributed by atoms with Gasteiger partial charge in [-0.15, -0.1) is 0 Å². The monoisotopic (exact) mass is 577 g/mol. The smallest absolute Gasteiger partial charge is 0.338 e. The molecule has 1 aliphatic rings. The van der Waals surface area contributed by atoms with Crippen molar-refractivity contribution in [2.45, 2.75) is 29.9 Å². The van der Waals surface area contributed by atoms with E-state index in [2.05, 4.69) is 15.0 Å². The molecule has 5 rings (SSSR count). The van der Waals surface area contributed by atoms with E-state index in [-0.39, 0.29) is 22.4 Å². The molecular weight excluding hydrogens is 557 g/mol. The molecule has 0 N–H and O–H groups in total. The summed E-state index contributed by atoms with van der Waals surface area (Å²) in [6.07, 6.45) is 4.71. The molecular formula is C27H20FN5O5S2. The molecule has 0 spiro atoms. The van der Waals surface area contributed by atoms with Gasteiger partial charge in [0.25, 0.3) is 11.2 Å². The van der Waals surface area contributed by atoms with E-state index in [0.717, 1.165) is 11.3 Å². The Hall–Kier alpha value is -4.49. The highest BCUT2D eigenvalue weighted by atomic mass is 32.2. The van der Waals surface area contributed by atoms with Gasteiger partial charge in [0.1, 0.15) is 5.82 Å². The molecule has 0 amide bonds. The van der Waals surface area contributed by atoms with Crippen LogP contribution in [0.2, 0.25) is 0 Å². The number of aromatic nitrogens is 3. The number of nitro benzene ring substituents is 1. The Morgan fingerprint density at radius 1 is 1.23 bits per heavy atom. The molecule has 0 fully saturated rings. The Kier molecular flexibility index (Phi) is 7.67. The molecule has 4 aromatic rings. The van der Waals surface area contributed by atoms with Crippen LogP contribution in [0.15, 0.2) is 92.0 Å². The molecule has 1 atom stereocenters. The van der Waals surface area contributed by atoms with Gasteiger partial charge >= 0.3 is 5.97 Å². The van der Waals surface area contributed by atoms with Gasteiger partial charge in [0.15, 0.2) is 9.96 Å². The summed E-state index contributed by atoms with van der Waals surface area (Å²) in [6.45, 7) is 3.44. The minimum atomic E-state index is -0.908. The number of hydrogen-bond donors (Lipinski definition) is 0. The van der Waals surface area contributed by atoms with Crippen LogP contribution in [0.3, 0.4) is 0 Å². The number of halogens is 1. The van der Waals surface area contributed by atoms with E-state index in [1.54, 1.807) is 44.4 Å². The van der Waals surface area contributed by atoms with Crippen LogP contribution in [0.4, 0.5) is 10.1 Å². The molecule has 0 unspecified atom stereocenters. The van der Waals surface area contributed by atoms with E-state index in [4.69, 9.17) is 4.74 Å². The zero-order valence-corrected chi connectivity index (χ0v) is 22.7. The zero-order chi connectivity index (χ0) is 28.4. The van der Waals surface area contributed by atoms with Crippen molar-refractivity contribution >= 4 is 40.8 Å². The number of nitrogens with zero attached hydrogens (tertiary/aromatic N) is 5. The minimum Gasteiger partial charge on any atom is -0.463 e. The van der Waals surface area contributed by atoms with Gasteiger partial charge in [0.05, 0.1) is 33.4 Å². The first-order valence-electron chi connectivity index (χ1n) is 11.9. The first-order valence-corrected chi connectivity index (χ1v) is 13.6. The van der Waals surface area contributed by atoms with E-state index in [1.807, 2.05) is 0 Å². The quantitative estimate of drug-likeness (QED) is 0.140. The van der Waals surface area contributed by atoms with Crippen molar-refractivity contribution in [3.63, 3.8) is 0 Å². The van der Waals surface area contributed by atoms with Gasteiger partial charge in [-0.05, 0) is 67.1 Å². The van der Waals surface area contributed by atoms with E-state index < -0.39 is 28.3 Å². The molecule has 0 saturated carbocycles. The summed E-state index contributed by atoms with van der Waals surface area (Å²) in [6, 6.07) is 10.6. The summed E-state index contributed by atoms with van der Waals surface area (Å²) in [5, 5.41) is 11.9. The Morgan fingerprint density at radius 2 is 1.95 bits per heavy atom. The van der Waals surface area contributed by atoms with Gasteiger partial charge in [-0.2, -0.15) is 0 Å². The van der Waals surface area contributed by atoms with Crippen molar-refractivity contribution in [2.24, 2.45) is 4.99 Å². The topological polar surface area (TPSA) is 130 Å². The number of nitro groups is 1.